The van der Waals surface area contributed by atoms with Crippen molar-refractivity contribution in [3.8, 4) is 157 Å². The summed E-state index contributed by atoms with van der Waals surface area (Å²) < 4.78 is 9.61. The normalized spacial score (nSPS) is 11.5. The maximum atomic E-state index is 5.09. The molecule has 8 nitrogen and oxygen atoms in total. The van der Waals surface area contributed by atoms with Crippen molar-refractivity contribution in [2.24, 2.45) is 0 Å². The molecule has 0 bridgehead atoms. The van der Waals surface area contributed by atoms with Crippen LogP contribution in [0, 0.1) is 0 Å². The molecule has 0 amide bonds. The smallest absolute Gasteiger partial charge is 0.160 e. The van der Waals surface area contributed by atoms with E-state index in [-0.39, 0.29) is 0 Å². The van der Waals surface area contributed by atoms with Gasteiger partial charge in [0, 0.05) is 99.2 Å². The highest BCUT2D eigenvalue weighted by atomic mass is 15.0. The first-order chi connectivity index (χ1) is 67.4. The average molecular weight is 1730 g/mol. The number of hydrogen-bond acceptors (Lipinski definition) is 4. The van der Waals surface area contributed by atoms with Crippen molar-refractivity contribution in [3.63, 3.8) is 0 Å². The third kappa shape index (κ3) is 14.7. The Hall–Kier alpha value is -18.2. The van der Waals surface area contributed by atoms with E-state index in [1.807, 2.05) is 48.5 Å². The summed E-state index contributed by atoms with van der Waals surface area (Å²) in [4.78, 5) is 20.2. The first kappa shape index (κ1) is 79.9. The van der Waals surface area contributed by atoms with Crippen molar-refractivity contribution in [2.45, 2.75) is 0 Å². The Morgan fingerprint density at radius 2 is 0.324 bits per heavy atom. The van der Waals surface area contributed by atoms with Crippen LogP contribution in [0.5, 0.6) is 0 Å². The Morgan fingerprint density at radius 3 is 0.654 bits per heavy atom. The zero-order chi connectivity index (χ0) is 89.9. The van der Waals surface area contributed by atoms with Gasteiger partial charge in [0.05, 0.1) is 66.9 Å². The van der Waals surface area contributed by atoms with Crippen LogP contribution in [0.2, 0.25) is 0 Å². The first-order valence-corrected chi connectivity index (χ1v) is 46.3. The fourth-order valence-electron chi connectivity index (χ4n) is 20.1. The van der Waals surface area contributed by atoms with Crippen LogP contribution < -0.4 is 0 Å². The average Bonchev–Trinajstić information content (AvgIpc) is 1.58. The molecule has 0 aliphatic heterocycles. The van der Waals surface area contributed by atoms with Crippen molar-refractivity contribution < 1.29 is 0 Å². The molecule has 26 rings (SSSR count). The van der Waals surface area contributed by atoms with Crippen molar-refractivity contribution in [1.29, 1.82) is 0 Å². The largest absolute Gasteiger partial charge is 0.309 e. The maximum Gasteiger partial charge on any atom is 0.160 e. The number of benzene rings is 20. The number of nitrogens with zero attached hydrogens (tertiary/aromatic N) is 8. The zero-order valence-corrected chi connectivity index (χ0v) is 74.1. The molecule has 0 saturated carbocycles. The molecule has 0 fully saturated rings. The summed E-state index contributed by atoms with van der Waals surface area (Å²) in [6.45, 7) is 0. The summed E-state index contributed by atoms with van der Waals surface area (Å²) in [6, 6.07) is 182. The van der Waals surface area contributed by atoms with Gasteiger partial charge in [0.2, 0.25) is 0 Å². The van der Waals surface area contributed by atoms with Gasteiger partial charge in [0.25, 0.3) is 0 Å². The molecular weight excluding hydrogens is 1650 g/mol. The van der Waals surface area contributed by atoms with Crippen molar-refractivity contribution in [3.05, 3.63) is 510 Å². The highest BCUT2D eigenvalue weighted by molar-refractivity contribution is 6.15. The molecule has 26 aromatic rings. The van der Waals surface area contributed by atoms with Crippen molar-refractivity contribution in [1.82, 2.24) is 38.2 Å². The van der Waals surface area contributed by atoms with E-state index in [4.69, 9.17) is 19.9 Å². The SMILES string of the molecule is c1ccc(-c2cc(-c3ccccc3)cc(-n3c4ccccc4c4cc(-c5ccc6c(c5)c5ccccc5n6-c5ccc(-c6cc(-c7ccccc7)nc(-c7ccccc7)n6)cc5)ccc43)c2)cc1.c1ccc(-c2ccc(-c3cccc(-n4c5ccccc5c5cc(-c6ccc7c(c6)c6ccccc6n7-c6ccc(-c7cc(-c8ccccc8)nc(-c8ccccc8)n7)cc6)ccc54)c3)cc2)cc1. The Labute approximate surface area is 786 Å². The van der Waals surface area contributed by atoms with E-state index in [2.05, 4.69) is 479 Å². The number of rotatable bonds is 16. The quantitative estimate of drug-likeness (QED) is 0.0966. The van der Waals surface area contributed by atoms with Crippen LogP contribution >= 0.6 is 0 Å². The summed E-state index contributed by atoms with van der Waals surface area (Å²) in [5, 5.41) is 9.78. The third-order valence-electron chi connectivity index (χ3n) is 26.7. The van der Waals surface area contributed by atoms with E-state index < -0.39 is 0 Å². The van der Waals surface area contributed by atoms with E-state index in [0.717, 1.165) is 89.9 Å². The van der Waals surface area contributed by atoms with E-state index in [1.165, 1.54) is 143 Å². The number of fused-ring (bicyclic) bond motifs is 12. The lowest BCUT2D eigenvalue weighted by Gasteiger charge is -2.14. The maximum absolute atomic E-state index is 5.09. The Kier molecular flexibility index (Phi) is 20.1. The third-order valence-corrected chi connectivity index (χ3v) is 26.7. The molecule has 0 spiro atoms. The van der Waals surface area contributed by atoms with Gasteiger partial charge < -0.3 is 18.3 Å². The Bertz CT molecular complexity index is 8850. The lowest BCUT2D eigenvalue weighted by molar-refractivity contribution is 1.17. The van der Waals surface area contributed by atoms with E-state index in [0.29, 0.717) is 11.6 Å². The van der Waals surface area contributed by atoms with Gasteiger partial charge >= 0.3 is 0 Å². The molecule has 0 saturated heterocycles. The predicted molar refractivity (Wildman–Crippen MR) is 567 cm³/mol. The number of para-hydroxylation sites is 4. The minimum atomic E-state index is 0.709. The molecule has 136 heavy (non-hydrogen) atoms. The molecule has 0 radical (unpaired) electrons. The second-order valence-corrected chi connectivity index (χ2v) is 34.8. The van der Waals surface area contributed by atoms with Crippen LogP contribution in [0.3, 0.4) is 0 Å². The second-order valence-electron chi connectivity index (χ2n) is 34.8. The molecule has 0 atom stereocenters. The minimum absolute atomic E-state index is 0.709. The van der Waals surface area contributed by atoms with Gasteiger partial charge in [-0.1, -0.05) is 370 Å². The standard InChI is InChI=1S/2C64H42N4/c1-5-17-43(18-6-1)50-37-51(44-19-7-2-8-20-44)39-53(38-50)68-61-28-16-14-26-55(61)57-41-49(32-36-63(57)68)48-31-35-62-56(40-48)54-25-13-15-27-60(54)67(62)52-33-29-46(30-34-52)59-42-58(45-21-9-3-10-22-45)65-64(66-59)47-23-11-4-12-24-47;1-4-15-43(16-5-1)44-27-29-45(30-28-44)49-21-14-22-53(39-49)68-61-26-13-11-24-55(61)57-41-51(34-38-63(57)68)50-33-37-62-56(40-50)54-23-10-12-25-60(54)67(62)52-35-31-47(32-36-52)59-42-58(46-17-6-2-7-18-46)65-64(66-59)48-19-8-3-9-20-48/h2*1-42H. The number of aromatic nitrogens is 8. The summed E-state index contributed by atoms with van der Waals surface area (Å²) >= 11 is 0. The van der Waals surface area contributed by atoms with Gasteiger partial charge in [-0.3, -0.25) is 0 Å². The van der Waals surface area contributed by atoms with Crippen LogP contribution in [0.1, 0.15) is 0 Å². The molecule has 6 aromatic heterocycles. The fraction of sp³-hybridized carbons (Fsp3) is 0. The van der Waals surface area contributed by atoms with Gasteiger partial charge in [0.1, 0.15) is 0 Å². The highest BCUT2D eigenvalue weighted by Crippen LogP contribution is 2.45. The molecule has 8 heteroatoms. The van der Waals surface area contributed by atoms with E-state index in [1.54, 1.807) is 0 Å². The summed E-state index contributed by atoms with van der Waals surface area (Å²) in [5.41, 5.74) is 37.9. The summed E-state index contributed by atoms with van der Waals surface area (Å²) in [6.07, 6.45) is 0. The second kappa shape index (κ2) is 34.2. The van der Waals surface area contributed by atoms with E-state index in [9.17, 15) is 0 Å². The fourth-order valence-corrected chi connectivity index (χ4v) is 20.1. The van der Waals surface area contributed by atoms with Crippen LogP contribution in [-0.4, -0.2) is 38.2 Å². The summed E-state index contributed by atoms with van der Waals surface area (Å²) in [7, 11) is 0. The van der Waals surface area contributed by atoms with Crippen LogP contribution in [0.15, 0.2) is 510 Å². The molecule has 0 aliphatic rings. The summed E-state index contributed by atoms with van der Waals surface area (Å²) in [5.74, 6) is 1.42. The molecular formula is C128H84N8. The van der Waals surface area contributed by atoms with Gasteiger partial charge in [0.15, 0.2) is 11.6 Å². The monoisotopic (exact) mass is 1730 g/mol. The van der Waals surface area contributed by atoms with Crippen molar-refractivity contribution in [2.75, 3.05) is 0 Å². The lowest BCUT2D eigenvalue weighted by atomic mass is 9.98. The molecule has 20 aromatic carbocycles. The Morgan fingerprint density at radius 1 is 0.110 bits per heavy atom. The zero-order valence-electron chi connectivity index (χ0n) is 74.1. The first-order valence-electron chi connectivity index (χ1n) is 46.3. The number of hydrogen-bond donors (Lipinski definition) is 0. The molecule has 0 aliphatic carbocycles. The van der Waals surface area contributed by atoms with Gasteiger partial charge in [-0.05, 0) is 206 Å². The predicted octanol–water partition coefficient (Wildman–Crippen LogP) is 33.3. The molecule has 0 N–H and O–H groups in total. The van der Waals surface area contributed by atoms with Crippen molar-refractivity contribution >= 4 is 87.2 Å². The lowest BCUT2D eigenvalue weighted by Crippen LogP contribution is -1.97. The van der Waals surface area contributed by atoms with Crippen LogP contribution in [0.25, 0.3) is 245 Å². The topological polar surface area (TPSA) is 71.3 Å². The highest BCUT2D eigenvalue weighted by Gasteiger charge is 2.23. The van der Waals surface area contributed by atoms with Crippen LogP contribution in [-0.2, 0) is 0 Å². The molecule has 0 unspecified atom stereocenters. The van der Waals surface area contributed by atoms with Gasteiger partial charge in [-0.25, -0.2) is 19.9 Å². The minimum Gasteiger partial charge on any atom is -0.309 e. The van der Waals surface area contributed by atoms with E-state index >= 15 is 0 Å². The Balaban J connectivity index is 0.000000145. The van der Waals surface area contributed by atoms with Gasteiger partial charge in [-0.2, -0.15) is 0 Å². The molecule has 636 valence electrons. The molecule has 6 heterocycles. The van der Waals surface area contributed by atoms with Gasteiger partial charge in [-0.15, -0.1) is 0 Å². The van der Waals surface area contributed by atoms with Crippen LogP contribution in [0.4, 0.5) is 0 Å².